The highest BCUT2D eigenvalue weighted by Crippen LogP contribution is 2.62. The van der Waals surface area contributed by atoms with E-state index < -0.39 is 34.5 Å². The van der Waals surface area contributed by atoms with Crippen molar-refractivity contribution >= 4 is 16.8 Å². The number of fused-ring (bicyclic) bond motifs is 8. The SMILES string of the molecule is COc1ccc(C2(c3ccc(OC)cc3)C=Cc3c4c(c5cc(O)c(OC)c(C)c5c3O2)-c2cc(C(F)(F)F)cc(C(F)(F)F)c2C4(C)C)cc1. The van der Waals surface area contributed by atoms with Gasteiger partial charge in [0, 0.05) is 33.1 Å². The maximum absolute atomic E-state index is 14.8. The molecule has 0 atom stereocenters. The summed E-state index contributed by atoms with van der Waals surface area (Å²) in [4.78, 5) is 0. The summed E-state index contributed by atoms with van der Waals surface area (Å²) >= 11 is 0. The molecule has 0 radical (unpaired) electrons. The number of ether oxygens (including phenoxy) is 4. The van der Waals surface area contributed by atoms with E-state index in [0.29, 0.717) is 44.7 Å². The maximum atomic E-state index is 14.8. The van der Waals surface area contributed by atoms with E-state index >= 15 is 0 Å². The Labute approximate surface area is 289 Å². The molecule has 0 saturated carbocycles. The van der Waals surface area contributed by atoms with Crippen LogP contribution in [0.25, 0.3) is 28.0 Å². The van der Waals surface area contributed by atoms with Gasteiger partial charge in [0.25, 0.3) is 0 Å². The molecule has 51 heavy (non-hydrogen) atoms. The third-order valence-electron chi connectivity index (χ3n) is 10.0. The molecular formula is C40H32F6O5. The van der Waals surface area contributed by atoms with Crippen molar-refractivity contribution in [3.63, 3.8) is 0 Å². The number of benzene rings is 5. The molecule has 1 aliphatic heterocycles. The van der Waals surface area contributed by atoms with Crippen molar-refractivity contribution in [3.8, 4) is 39.9 Å². The van der Waals surface area contributed by atoms with Crippen LogP contribution in [-0.2, 0) is 23.4 Å². The van der Waals surface area contributed by atoms with Crippen LogP contribution in [0.3, 0.4) is 0 Å². The Hall–Kier alpha value is -5.32. The predicted molar refractivity (Wildman–Crippen MR) is 181 cm³/mol. The first-order valence-electron chi connectivity index (χ1n) is 15.9. The van der Waals surface area contributed by atoms with Crippen LogP contribution in [0, 0.1) is 6.92 Å². The van der Waals surface area contributed by atoms with Gasteiger partial charge >= 0.3 is 12.4 Å². The second-order valence-corrected chi connectivity index (χ2v) is 13.2. The lowest BCUT2D eigenvalue weighted by Crippen LogP contribution is -2.35. The second-order valence-electron chi connectivity index (χ2n) is 13.2. The van der Waals surface area contributed by atoms with Gasteiger partial charge in [0.15, 0.2) is 17.1 Å². The Morgan fingerprint density at radius 1 is 0.725 bits per heavy atom. The summed E-state index contributed by atoms with van der Waals surface area (Å²) in [5, 5.41) is 11.7. The molecule has 0 saturated heterocycles. The molecule has 264 valence electrons. The van der Waals surface area contributed by atoms with Gasteiger partial charge in [-0.1, -0.05) is 44.2 Å². The molecule has 0 amide bonds. The zero-order valence-electron chi connectivity index (χ0n) is 28.4. The molecule has 1 aliphatic carbocycles. The lowest BCUT2D eigenvalue weighted by Gasteiger charge is -2.39. The van der Waals surface area contributed by atoms with E-state index in [2.05, 4.69) is 0 Å². The lowest BCUT2D eigenvalue weighted by atomic mass is 9.75. The first-order valence-corrected chi connectivity index (χ1v) is 15.9. The van der Waals surface area contributed by atoms with Crippen LogP contribution in [0.4, 0.5) is 26.3 Å². The monoisotopic (exact) mass is 706 g/mol. The lowest BCUT2D eigenvalue weighted by molar-refractivity contribution is -0.143. The molecule has 7 rings (SSSR count). The Morgan fingerprint density at radius 2 is 1.29 bits per heavy atom. The average molecular weight is 707 g/mol. The minimum Gasteiger partial charge on any atom is -0.504 e. The minimum absolute atomic E-state index is 0.0831. The number of aryl methyl sites for hydroxylation is 1. The van der Waals surface area contributed by atoms with Crippen molar-refractivity contribution in [2.45, 2.75) is 44.1 Å². The molecule has 5 aromatic carbocycles. The molecule has 1 heterocycles. The Balaban J connectivity index is 1.63. The number of phenols is 1. The third kappa shape index (κ3) is 4.99. The predicted octanol–water partition coefficient (Wildman–Crippen LogP) is 10.6. The van der Waals surface area contributed by atoms with Crippen molar-refractivity contribution < 1.29 is 50.4 Å². The summed E-state index contributed by atoms with van der Waals surface area (Å²) in [6.07, 6.45) is -6.61. The van der Waals surface area contributed by atoms with Gasteiger partial charge < -0.3 is 24.1 Å². The third-order valence-corrected chi connectivity index (χ3v) is 10.0. The van der Waals surface area contributed by atoms with Crippen molar-refractivity contribution in [1.29, 1.82) is 0 Å². The van der Waals surface area contributed by atoms with E-state index in [0.717, 1.165) is 6.07 Å². The van der Waals surface area contributed by atoms with Gasteiger partial charge in [-0.3, -0.25) is 0 Å². The van der Waals surface area contributed by atoms with Crippen LogP contribution in [0.15, 0.2) is 72.8 Å². The van der Waals surface area contributed by atoms with Gasteiger partial charge in [-0.25, -0.2) is 0 Å². The Kier molecular flexibility index (Phi) is 7.60. The van der Waals surface area contributed by atoms with E-state index in [1.54, 1.807) is 71.4 Å². The van der Waals surface area contributed by atoms with Crippen LogP contribution < -0.4 is 18.9 Å². The van der Waals surface area contributed by atoms with Crippen LogP contribution in [-0.4, -0.2) is 26.4 Å². The summed E-state index contributed by atoms with van der Waals surface area (Å²) < 4.78 is 111. The normalized spacial score (nSPS) is 15.5. The first kappa shape index (κ1) is 34.1. The van der Waals surface area contributed by atoms with Crippen molar-refractivity contribution in [3.05, 3.63) is 117 Å². The number of phenolic OH excluding ortho intramolecular Hbond substituents is 1. The standard InChI is InChI=1S/C40H32F6O5/c1-20-31-27(19-30(47)35(20)50-6)32-28-17-23(39(41,42)43)18-29(40(44,45)46)33(28)37(2,3)34(32)26-15-16-38(51-36(26)31,21-7-11-24(48-4)12-8-21)22-9-13-25(49-5)14-10-22/h7-19,47H,1-6H3. The molecule has 5 nitrogen and oxygen atoms in total. The van der Waals surface area contributed by atoms with Gasteiger partial charge in [-0.05, 0) is 83.1 Å². The molecule has 0 fully saturated rings. The Morgan fingerprint density at radius 3 is 1.78 bits per heavy atom. The van der Waals surface area contributed by atoms with E-state index in [1.165, 1.54) is 13.2 Å². The molecule has 1 N–H and O–H groups in total. The van der Waals surface area contributed by atoms with Gasteiger partial charge in [0.1, 0.15) is 17.2 Å². The van der Waals surface area contributed by atoms with Crippen molar-refractivity contribution in [2.24, 2.45) is 0 Å². The highest BCUT2D eigenvalue weighted by atomic mass is 19.4. The highest BCUT2D eigenvalue weighted by molar-refractivity contribution is 6.11. The fourth-order valence-electron chi connectivity index (χ4n) is 7.82. The van der Waals surface area contributed by atoms with Gasteiger partial charge in [0.05, 0.1) is 32.5 Å². The largest absolute Gasteiger partial charge is 0.504 e. The van der Waals surface area contributed by atoms with E-state index in [-0.39, 0.29) is 45.4 Å². The van der Waals surface area contributed by atoms with Crippen LogP contribution in [0.5, 0.6) is 28.7 Å². The zero-order chi connectivity index (χ0) is 36.8. The van der Waals surface area contributed by atoms with Gasteiger partial charge in [-0.2, -0.15) is 26.3 Å². The smallest absolute Gasteiger partial charge is 0.416 e. The summed E-state index contributed by atoms with van der Waals surface area (Å²) in [6, 6.07) is 16.7. The number of rotatable bonds is 5. The maximum Gasteiger partial charge on any atom is 0.416 e. The van der Waals surface area contributed by atoms with Crippen molar-refractivity contribution in [2.75, 3.05) is 21.3 Å². The summed E-state index contributed by atoms with van der Waals surface area (Å²) in [7, 11) is 4.44. The number of hydrogen-bond acceptors (Lipinski definition) is 5. The minimum atomic E-state index is -5.11. The molecule has 0 aromatic heterocycles. The highest BCUT2D eigenvalue weighted by Gasteiger charge is 2.50. The quantitative estimate of drug-likeness (QED) is 0.184. The average Bonchev–Trinajstić information content (AvgIpc) is 3.33. The summed E-state index contributed by atoms with van der Waals surface area (Å²) in [6.45, 7) is 4.78. The fourth-order valence-corrected chi connectivity index (χ4v) is 7.82. The number of methoxy groups -OCH3 is 3. The number of hydrogen-bond donors (Lipinski definition) is 1. The fraction of sp³-hybridized carbons (Fsp3) is 0.250. The number of alkyl halides is 6. The second kappa shape index (κ2) is 11.3. The molecule has 11 heteroatoms. The topological polar surface area (TPSA) is 57.2 Å². The molecule has 2 aliphatic rings. The van der Waals surface area contributed by atoms with E-state index in [1.807, 2.05) is 24.3 Å². The van der Waals surface area contributed by atoms with Crippen molar-refractivity contribution in [1.82, 2.24) is 0 Å². The zero-order valence-corrected chi connectivity index (χ0v) is 28.4. The van der Waals surface area contributed by atoms with Crippen LogP contribution >= 0.6 is 0 Å². The molecular weight excluding hydrogens is 674 g/mol. The molecule has 5 aromatic rings. The molecule has 0 spiro atoms. The number of aromatic hydroxyl groups is 1. The van der Waals surface area contributed by atoms with Gasteiger partial charge in [-0.15, -0.1) is 0 Å². The van der Waals surface area contributed by atoms with Gasteiger partial charge in [0.2, 0.25) is 0 Å². The van der Waals surface area contributed by atoms with Crippen LogP contribution in [0.1, 0.15) is 58.4 Å². The Bertz CT molecular complexity index is 2200. The number of halogens is 6. The molecule has 0 unspecified atom stereocenters. The summed E-state index contributed by atoms with van der Waals surface area (Å²) in [5.74, 6) is 1.21. The first-order chi connectivity index (χ1) is 24.0. The summed E-state index contributed by atoms with van der Waals surface area (Å²) in [5.41, 5.74) is -3.45. The van der Waals surface area contributed by atoms with E-state index in [9.17, 15) is 31.4 Å². The van der Waals surface area contributed by atoms with E-state index in [4.69, 9.17) is 18.9 Å². The van der Waals surface area contributed by atoms with Crippen LogP contribution in [0.2, 0.25) is 0 Å². The molecule has 0 bridgehead atoms.